The molecule has 4 aromatic rings. The summed E-state index contributed by atoms with van der Waals surface area (Å²) in [5.74, 6) is 0.974. The van der Waals surface area contributed by atoms with E-state index in [0.717, 1.165) is 0 Å². The maximum absolute atomic E-state index is 2.55. The van der Waals surface area contributed by atoms with Crippen LogP contribution in [-0.4, -0.2) is 4.57 Å². The zero-order valence-electron chi connectivity index (χ0n) is 16.8. The molecular weight excluding hydrogens is 350 g/mol. The average Bonchev–Trinajstić information content (AvgIpc) is 3.60. The molecule has 1 saturated carbocycles. The van der Waals surface area contributed by atoms with Gasteiger partial charge in [-0.25, -0.2) is 0 Å². The Kier molecular flexibility index (Phi) is 3.61. The third kappa shape index (κ3) is 2.34. The van der Waals surface area contributed by atoms with Gasteiger partial charge in [-0.05, 0) is 41.5 Å². The van der Waals surface area contributed by atoms with Crippen LogP contribution in [0.15, 0.2) is 97.1 Å². The Hall–Kier alpha value is -3.06. The minimum absolute atomic E-state index is 0.0251. The maximum Gasteiger partial charge on any atom is 0.0483 e. The molecule has 142 valence electrons. The van der Waals surface area contributed by atoms with Gasteiger partial charge in [0.1, 0.15) is 0 Å². The van der Waals surface area contributed by atoms with Gasteiger partial charge in [0, 0.05) is 35.0 Å². The van der Waals surface area contributed by atoms with Crippen LogP contribution in [0.2, 0.25) is 0 Å². The van der Waals surface area contributed by atoms with Gasteiger partial charge in [0.25, 0.3) is 0 Å². The molecule has 2 atom stereocenters. The molecule has 29 heavy (non-hydrogen) atoms. The van der Waals surface area contributed by atoms with Crippen molar-refractivity contribution in [2.24, 2.45) is 13.0 Å². The van der Waals surface area contributed by atoms with E-state index in [1.165, 1.54) is 46.1 Å². The predicted molar refractivity (Wildman–Crippen MR) is 120 cm³/mol. The van der Waals surface area contributed by atoms with Gasteiger partial charge in [0.05, 0.1) is 0 Å². The Morgan fingerprint density at radius 1 is 0.793 bits per heavy atom. The Bertz CT molecular complexity index is 1210. The predicted octanol–water partition coefficient (Wildman–Crippen LogP) is 6.58. The molecule has 1 heterocycles. The van der Waals surface area contributed by atoms with Crippen LogP contribution in [-0.2, 0) is 12.5 Å². The van der Waals surface area contributed by atoms with E-state index in [9.17, 15) is 0 Å². The summed E-state index contributed by atoms with van der Waals surface area (Å²) in [5, 5.41) is 1.41. The molecule has 3 aromatic carbocycles. The number of aromatic nitrogens is 1. The molecule has 0 N–H and O–H groups in total. The number of rotatable bonds is 3. The summed E-state index contributed by atoms with van der Waals surface area (Å²) in [5.41, 5.74) is 7.10. The Balaban J connectivity index is 1.72. The van der Waals surface area contributed by atoms with E-state index < -0.39 is 0 Å². The van der Waals surface area contributed by atoms with Gasteiger partial charge in [-0.2, -0.15) is 0 Å². The fourth-order valence-electron chi connectivity index (χ4n) is 5.63. The maximum atomic E-state index is 2.55. The molecule has 1 nitrogen and oxygen atoms in total. The lowest BCUT2D eigenvalue weighted by Crippen LogP contribution is -2.32. The van der Waals surface area contributed by atoms with E-state index in [0.29, 0.717) is 11.8 Å². The van der Waals surface area contributed by atoms with Gasteiger partial charge in [-0.3, -0.25) is 0 Å². The quantitative estimate of drug-likeness (QED) is 0.357. The minimum atomic E-state index is -0.0251. The highest BCUT2D eigenvalue weighted by molar-refractivity contribution is 5.89. The van der Waals surface area contributed by atoms with E-state index >= 15 is 0 Å². The van der Waals surface area contributed by atoms with E-state index in [1.807, 2.05) is 0 Å². The molecule has 0 amide bonds. The van der Waals surface area contributed by atoms with Crippen molar-refractivity contribution in [1.29, 1.82) is 0 Å². The SMILES string of the molecule is Cn1c2c(c3ccccc31)C(c1ccccc1)(C1CC1)C=CC2c1ccccc1. The van der Waals surface area contributed by atoms with Crippen molar-refractivity contribution in [1.82, 2.24) is 4.57 Å². The molecule has 0 spiro atoms. The summed E-state index contributed by atoms with van der Waals surface area (Å²) in [7, 11) is 2.25. The number of hydrogen-bond acceptors (Lipinski definition) is 0. The number of allylic oxidation sites excluding steroid dienone is 2. The van der Waals surface area contributed by atoms with Crippen LogP contribution >= 0.6 is 0 Å². The second-order valence-corrected chi connectivity index (χ2v) is 8.59. The van der Waals surface area contributed by atoms with Gasteiger partial charge in [0.15, 0.2) is 0 Å². The van der Waals surface area contributed by atoms with E-state index in [1.54, 1.807) is 0 Å². The van der Waals surface area contributed by atoms with Crippen molar-refractivity contribution < 1.29 is 0 Å². The minimum Gasteiger partial charge on any atom is -0.346 e. The Morgan fingerprint density at radius 3 is 2.17 bits per heavy atom. The number of nitrogens with zero attached hydrogens (tertiary/aromatic N) is 1. The first kappa shape index (κ1) is 16.9. The zero-order valence-corrected chi connectivity index (χ0v) is 16.8. The molecule has 0 bridgehead atoms. The summed E-state index contributed by atoms with van der Waals surface area (Å²) < 4.78 is 2.45. The number of fused-ring (bicyclic) bond motifs is 3. The molecule has 2 aliphatic rings. The molecule has 0 aliphatic heterocycles. The standard InChI is InChI=1S/C28H25N/c1-29-25-15-9-8-14-24(25)26-27(29)23(20-10-4-2-5-11-20)18-19-28(26,22-16-17-22)21-12-6-3-7-13-21/h2-15,18-19,22-23H,16-17H2,1H3. The fraction of sp³-hybridized carbons (Fsp3) is 0.214. The van der Waals surface area contributed by atoms with Crippen LogP contribution in [0, 0.1) is 5.92 Å². The molecule has 2 unspecified atom stereocenters. The van der Waals surface area contributed by atoms with Gasteiger partial charge in [0.2, 0.25) is 0 Å². The van der Waals surface area contributed by atoms with Gasteiger partial charge in [-0.1, -0.05) is 91.0 Å². The lowest BCUT2D eigenvalue weighted by atomic mass is 9.65. The summed E-state index contributed by atoms with van der Waals surface area (Å²) in [6.45, 7) is 0. The molecule has 1 fully saturated rings. The van der Waals surface area contributed by atoms with E-state index in [-0.39, 0.29) is 5.41 Å². The topological polar surface area (TPSA) is 4.93 Å². The largest absolute Gasteiger partial charge is 0.346 e. The second kappa shape index (κ2) is 6.22. The first-order chi connectivity index (χ1) is 14.3. The highest BCUT2D eigenvalue weighted by Crippen LogP contribution is 2.58. The smallest absolute Gasteiger partial charge is 0.0483 e. The summed E-state index contributed by atoms with van der Waals surface area (Å²) in [4.78, 5) is 0. The highest BCUT2D eigenvalue weighted by atomic mass is 15.0. The van der Waals surface area contributed by atoms with Crippen molar-refractivity contribution >= 4 is 10.9 Å². The van der Waals surface area contributed by atoms with Crippen LogP contribution in [0.4, 0.5) is 0 Å². The van der Waals surface area contributed by atoms with E-state index in [2.05, 4.69) is 109 Å². The highest BCUT2D eigenvalue weighted by Gasteiger charge is 2.50. The van der Waals surface area contributed by atoms with Gasteiger partial charge < -0.3 is 4.57 Å². The van der Waals surface area contributed by atoms with Crippen LogP contribution in [0.25, 0.3) is 10.9 Å². The van der Waals surface area contributed by atoms with E-state index in [4.69, 9.17) is 0 Å². The summed E-state index contributed by atoms with van der Waals surface area (Å²) >= 11 is 0. The third-order valence-electron chi connectivity index (χ3n) is 7.04. The Morgan fingerprint density at radius 2 is 1.45 bits per heavy atom. The fourth-order valence-corrected chi connectivity index (χ4v) is 5.63. The number of benzene rings is 3. The van der Waals surface area contributed by atoms with Crippen molar-refractivity contribution in [3.05, 3.63) is 119 Å². The monoisotopic (exact) mass is 375 g/mol. The molecular formula is C28H25N. The van der Waals surface area contributed by atoms with Crippen molar-refractivity contribution in [2.75, 3.05) is 0 Å². The van der Waals surface area contributed by atoms with Crippen LogP contribution in [0.5, 0.6) is 0 Å². The molecule has 6 rings (SSSR count). The molecule has 0 radical (unpaired) electrons. The number of para-hydroxylation sites is 1. The molecule has 1 heteroatoms. The first-order valence-electron chi connectivity index (χ1n) is 10.7. The number of hydrogen-bond donors (Lipinski definition) is 0. The Labute approximate surface area is 172 Å². The van der Waals surface area contributed by atoms with Gasteiger partial charge in [-0.15, -0.1) is 0 Å². The first-order valence-corrected chi connectivity index (χ1v) is 10.7. The van der Waals surface area contributed by atoms with Crippen molar-refractivity contribution in [3.8, 4) is 0 Å². The molecule has 0 saturated heterocycles. The van der Waals surface area contributed by atoms with Gasteiger partial charge >= 0.3 is 0 Å². The summed E-state index contributed by atoms with van der Waals surface area (Å²) in [6, 6.07) is 31.1. The van der Waals surface area contributed by atoms with Crippen LogP contribution in [0.3, 0.4) is 0 Å². The van der Waals surface area contributed by atoms with Crippen LogP contribution in [0.1, 0.15) is 41.1 Å². The normalized spacial score (nSPS) is 23.3. The second-order valence-electron chi connectivity index (χ2n) is 8.59. The number of aryl methyl sites for hydroxylation is 1. The lowest BCUT2D eigenvalue weighted by Gasteiger charge is -2.38. The lowest BCUT2D eigenvalue weighted by molar-refractivity contribution is 0.536. The van der Waals surface area contributed by atoms with Crippen molar-refractivity contribution in [2.45, 2.75) is 24.2 Å². The summed E-state index contributed by atoms with van der Waals surface area (Å²) in [6.07, 6.45) is 7.63. The van der Waals surface area contributed by atoms with Crippen molar-refractivity contribution in [3.63, 3.8) is 0 Å². The van der Waals surface area contributed by atoms with Crippen LogP contribution < -0.4 is 0 Å². The molecule has 1 aromatic heterocycles. The zero-order chi connectivity index (χ0) is 19.4. The molecule has 2 aliphatic carbocycles. The third-order valence-corrected chi connectivity index (χ3v) is 7.04. The average molecular weight is 376 g/mol.